The first-order valence-corrected chi connectivity index (χ1v) is 11.4. The van der Waals surface area contributed by atoms with E-state index in [4.69, 9.17) is 11.7 Å². The summed E-state index contributed by atoms with van der Waals surface area (Å²) in [4.78, 5) is 0. The predicted molar refractivity (Wildman–Crippen MR) is 122 cm³/mol. The van der Waals surface area contributed by atoms with Crippen LogP contribution in [0, 0.1) is 71.2 Å². The molecule has 2 aliphatic carbocycles. The van der Waals surface area contributed by atoms with Crippen molar-refractivity contribution in [3.63, 3.8) is 0 Å². The zero-order valence-corrected chi connectivity index (χ0v) is 22.9. The fourth-order valence-electron chi connectivity index (χ4n) is 4.79. The SMILES string of the molecule is CC1C(C)C(C)C(C)C1C.CC1C(C)C(C)C(C)C1C.[CH-]=C(O)C(C)(C)C.[Ti+3]. The van der Waals surface area contributed by atoms with Crippen LogP contribution < -0.4 is 0 Å². The van der Waals surface area contributed by atoms with Crippen molar-refractivity contribution < 1.29 is 26.8 Å². The molecule has 0 amide bonds. The molecule has 2 rings (SSSR count). The Bertz CT molecular complexity index is 332. The molecule has 0 spiro atoms. The van der Waals surface area contributed by atoms with Crippen LogP contribution in [0.1, 0.15) is 90.0 Å². The van der Waals surface area contributed by atoms with Gasteiger partial charge < -0.3 is 11.7 Å². The molecule has 163 valence electrons. The normalized spacial score (nSPS) is 42.5. The van der Waals surface area contributed by atoms with Crippen LogP contribution in [0.3, 0.4) is 0 Å². The van der Waals surface area contributed by atoms with Crippen molar-refractivity contribution in [2.24, 2.45) is 64.6 Å². The maximum Gasteiger partial charge on any atom is 3.00 e. The van der Waals surface area contributed by atoms with Crippen molar-refractivity contribution >= 4 is 0 Å². The Morgan fingerprint density at radius 2 is 0.571 bits per heavy atom. The van der Waals surface area contributed by atoms with Crippen LogP contribution in [-0.2, 0) is 21.7 Å². The summed E-state index contributed by atoms with van der Waals surface area (Å²) in [5.41, 5.74) is -0.250. The second-order valence-electron chi connectivity index (χ2n) is 11.2. The first-order chi connectivity index (χ1) is 12.1. The minimum Gasteiger partial charge on any atom is -0.549 e. The molecule has 0 aromatic rings. The third kappa shape index (κ3) is 7.83. The Morgan fingerprint density at radius 1 is 0.500 bits per heavy atom. The summed E-state index contributed by atoms with van der Waals surface area (Å²) in [6.45, 7) is 34.6. The van der Waals surface area contributed by atoms with E-state index < -0.39 is 0 Å². The molecule has 2 saturated carbocycles. The molecule has 2 fully saturated rings. The molecule has 1 nitrogen and oxygen atoms in total. The van der Waals surface area contributed by atoms with Crippen LogP contribution >= 0.6 is 0 Å². The van der Waals surface area contributed by atoms with Gasteiger partial charge in [-0.2, -0.15) is 0 Å². The van der Waals surface area contributed by atoms with E-state index in [0.29, 0.717) is 0 Å². The van der Waals surface area contributed by atoms with Gasteiger partial charge in [-0.15, -0.1) is 0 Å². The fraction of sp³-hybridized carbons (Fsp3) is 0.923. The molecule has 2 heteroatoms. The molecule has 1 radical (unpaired) electrons. The number of allylic oxidation sites excluding steroid dienone is 1. The van der Waals surface area contributed by atoms with Crippen molar-refractivity contribution in [3.8, 4) is 0 Å². The quantitative estimate of drug-likeness (QED) is 0.234. The van der Waals surface area contributed by atoms with Gasteiger partial charge >= 0.3 is 21.7 Å². The van der Waals surface area contributed by atoms with Crippen LogP contribution in [0.2, 0.25) is 0 Å². The summed E-state index contributed by atoms with van der Waals surface area (Å²) in [5, 5.41) is 8.58. The molecule has 1 N–H and O–H groups in total. The Labute approximate surface area is 193 Å². The Hall–Kier alpha value is 0.254. The monoisotopic (exact) mass is 427 g/mol. The second-order valence-corrected chi connectivity index (χ2v) is 11.2. The maximum atomic E-state index is 8.58. The summed E-state index contributed by atoms with van der Waals surface area (Å²) in [5.74, 6) is 9.34. The topological polar surface area (TPSA) is 20.2 Å². The van der Waals surface area contributed by atoms with E-state index in [-0.39, 0.29) is 32.9 Å². The van der Waals surface area contributed by atoms with Crippen molar-refractivity contribution in [2.45, 2.75) is 90.0 Å². The number of hydrogen-bond donors (Lipinski definition) is 1. The molecular formula is C26H51OTi+2. The molecule has 0 atom stereocenters. The zero-order chi connectivity index (χ0) is 21.9. The Kier molecular flexibility index (Phi) is 13.3. The molecule has 0 aromatic carbocycles. The first kappa shape index (κ1) is 30.4. The molecular weight excluding hydrogens is 376 g/mol. The Balaban J connectivity index is 0. The minimum absolute atomic E-state index is 0. The average molecular weight is 428 g/mol. The third-order valence-electron chi connectivity index (χ3n) is 9.06. The first-order valence-electron chi connectivity index (χ1n) is 11.4. The largest absolute Gasteiger partial charge is 3.00 e. The number of aliphatic hydroxyl groups excluding tert-OH is 1. The van der Waals surface area contributed by atoms with E-state index in [1.165, 1.54) is 0 Å². The van der Waals surface area contributed by atoms with E-state index >= 15 is 0 Å². The molecule has 0 bridgehead atoms. The standard InChI is InChI=1S/2C10H20.C6H11O.Ti/c2*1-6-7(2)9(4)10(5)8(6)3;1-5(7)6(2,3)4;/h2*6-10H,1-5H3;1,7H,2-4H3;/q;;-1;+3. The zero-order valence-electron chi connectivity index (χ0n) is 21.3. The molecule has 0 unspecified atom stereocenters. The van der Waals surface area contributed by atoms with E-state index in [2.05, 4.69) is 69.2 Å². The van der Waals surface area contributed by atoms with Crippen molar-refractivity contribution in [1.29, 1.82) is 0 Å². The molecule has 0 aromatic heterocycles. The van der Waals surface area contributed by atoms with Crippen LogP contribution in [0.15, 0.2) is 5.76 Å². The van der Waals surface area contributed by atoms with Crippen molar-refractivity contribution in [2.75, 3.05) is 0 Å². The summed E-state index contributed by atoms with van der Waals surface area (Å²) in [6, 6.07) is 0. The van der Waals surface area contributed by atoms with Gasteiger partial charge in [-0.1, -0.05) is 95.8 Å². The minimum atomic E-state index is -0.250. The number of aliphatic hydroxyl groups is 1. The van der Waals surface area contributed by atoms with Gasteiger partial charge in [0.25, 0.3) is 0 Å². The number of rotatable bonds is 0. The van der Waals surface area contributed by atoms with Crippen LogP contribution in [0.25, 0.3) is 0 Å². The fourth-order valence-corrected chi connectivity index (χ4v) is 4.79. The van der Waals surface area contributed by atoms with E-state index in [9.17, 15) is 0 Å². The summed E-state index contributed by atoms with van der Waals surface area (Å²) in [7, 11) is 0. The third-order valence-corrected chi connectivity index (χ3v) is 9.06. The van der Waals surface area contributed by atoms with Gasteiger partial charge in [0.2, 0.25) is 0 Å². The molecule has 2 aliphatic rings. The maximum absolute atomic E-state index is 8.58. The van der Waals surface area contributed by atoms with Gasteiger partial charge in [-0.25, -0.2) is 0 Å². The summed E-state index contributed by atoms with van der Waals surface area (Å²) in [6.07, 6.45) is 0. The van der Waals surface area contributed by atoms with Gasteiger partial charge in [0, 0.05) is 0 Å². The summed E-state index contributed by atoms with van der Waals surface area (Å²) < 4.78 is 0. The average Bonchev–Trinajstić information content (AvgIpc) is 2.86. The van der Waals surface area contributed by atoms with Crippen molar-refractivity contribution in [1.82, 2.24) is 0 Å². The molecule has 0 aliphatic heterocycles. The molecule has 28 heavy (non-hydrogen) atoms. The van der Waals surface area contributed by atoms with Gasteiger partial charge in [0.1, 0.15) is 0 Å². The predicted octanol–water partition coefficient (Wildman–Crippen LogP) is 8.27. The number of hydrogen-bond acceptors (Lipinski definition) is 1. The van der Waals surface area contributed by atoms with Gasteiger partial charge in [-0.3, -0.25) is 0 Å². The van der Waals surface area contributed by atoms with Gasteiger partial charge in [0.15, 0.2) is 0 Å². The Morgan fingerprint density at radius 3 is 0.607 bits per heavy atom. The van der Waals surface area contributed by atoms with E-state index in [1.807, 2.05) is 20.8 Å². The summed E-state index contributed by atoms with van der Waals surface area (Å²) >= 11 is 0. The molecule has 0 heterocycles. The van der Waals surface area contributed by atoms with Crippen LogP contribution in [0.4, 0.5) is 0 Å². The van der Waals surface area contributed by atoms with E-state index in [0.717, 1.165) is 59.2 Å². The van der Waals surface area contributed by atoms with Crippen LogP contribution in [-0.4, -0.2) is 5.11 Å². The van der Waals surface area contributed by atoms with Gasteiger partial charge in [-0.05, 0) is 64.6 Å². The smallest absolute Gasteiger partial charge is 0.549 e. The molecule has 0 saturated heterocycles. The van der Waals surface area contributed by atoms with Gasteiger partial charge in [0.05, 0.1) is 0 Å². The van der Waals surface area contributed by atoms with Crippen LogP contribution in [0.5, 0.6) is 0 Å². The van der Waals surface area contributed by atoms with E-state index in [1.54, 1.807) is 0 Å². The van der Waals surface area contributed by atoms with Crippen molar-refractivity contribution in [3.05, 3.63) is 12.3 Å². The second kappa shape index (κ2) is 12.2.